The summed E-state index contributed by atoms with van der Waals surface area (Å²) in [5.74, 6) is 0.820. The number of sulfonamides is 1. The quantitative estimate of drug-likeness (QED) is 0.583. The molecule has 0 N–H and O–H groups in total. The number of allylic oxidation sites excluding steroid dienone is 3. The van der Waals surface area contributed by atoms with Crippen molar-refractivity contribution < 1.29 is 17.7 Å². The van der Waals surface area contributed by atoms with E-state index in [0.717, 1.165) is 4.31 Å². The second-order valence-corrected chi connectivity index (χ2v) is 8.80. The highest BCUT2D eigenvalue weighted by Gasteiger charge is 2.44. The lowest BCUT2D eigenvalue weighted by Crippen LogP contribution is -2.45. The van der Waals surface area contributed by atoms with Crippen LogP contribution in [-0.2, 0) is 14.8 Å². The lowest BCUT2D eigenvalue weighted by molar-refractivity contribution is 0.208. The first-order valence-electron chi connectivity index (χ1n) is 6.31. The Labute approximate surface area is 132 Å². The monoisotopic (exact) mass is 376 g/mol. The molecule has 1 aromatic heterocycles. The predicted octanol–water partition coefficient (Wildman–Crippen LogP) is 2.64. The van der Waals surface area contributed by atoms with E-state index in [0.29, 0.717) is 17.7 Å². The van der Waals surface area contributed by atoms with Crippen LogP contribution in [0.4, 0.5) is 5.82 Å². The molecule has 0 bridgehead atoms. The number of rotatable bonds is 5. The molecule has 0 fully saturated rings. The fourth-order valence-corrected chi connectivity index (χ4v) is 4.38. The van der Waals surface area contributed by atoms with Gasteiger partial charge in [0.2, 0.25) is 0 Å². The summed E-state index contributed by atoms with van der Waals surface area (Å²) in [6, 6.07) is 0. The smallest absolute Gasteiger partial charge is 0.258 e. The van der Waals surface area contributed by atoms with Crippen molar-refractivity contribution in [2.45, 2.75) is 23.9 Å². The number of hydrogen-bond acceptors (Lipinski definition) is 5. The van der Waals surface area contributed by atoms with Gasteiger partial charge in [0.15, 0.2) is 9.47 Å². The zero-order valence-electron chi connectivity index (χ0n) is 12.0. The normalized spacial score (nSPS) is 21.7. The standard InChI is InChI=1S/C13H17BrN2O4S/c1-10-11(2)20-15-12(10)16(9-19-3)21(17,18)13(14)7-5-4-6-8-13/h4-7H,8-9H2,1-3H3. The summed E-state index contributed by atoms with van der Waals surface area (Å²) < 4.78 is 36.0. The number of hydrogen-bond donors (Lipinski definition) is 0. The van der Waals surface area contributed by atoms with Crippen molar-refractivity contribution in [3.63, 3.8) is 0 Å². The Hall–Kier alpha value is -1.12. The second-order valence-electron chi connectivity index (χ2n) is 4.74. The van der Waals surface area contributed by atoms with Gasteiger partial charge in [0.1, 0.15) is 12.5 Å². The number of aromatic nitrogens is 1. The van der Waals surface area contributed by atoms with E-state index in [1.165, 1.54) is 7.11 Å². The maximum Gasteiger partial charge on any atom is 0.258 e. The highest BCUT2D eigenvalue weighted by Crippen LogP contribution is 2.38. The Balaban J connectivity index is 2.49. The van der Waals surface area contributed by atoms with Crippen molar-refractivity contribution in [1.29, 1.82) is 0 Å². The van der Waals surface area contributed by atoms with E-state index in [4.69, 9.17) is 9.26 Å². The van der Waals surface area contributed by atoms with Crippen molar-refractivity contribution in [2.24, 2.45) is 0 Å². The number of methoxy groups -OCH3 is 1. The third-order valence-corrected chi connectivity index (χ3v) is 7.16. The number of nitrogens with zero attached hydrogens (tertiary/aromatic N) is 2. The van der Waals surface area contributed by atoms with Crippen LogP contribution in [0.25, 0.3) is 0 Å². The molecule has 1 atom stereocenters. The average Bonchev–Trinajstić information content (AvgIpc) is 2.77. The summed E-state index contributed by atoms with van der Waals surface area (Å²) in [6.07, 6.45) is 7.22. The summed E-state index contributed by atoms with van der Waals surface area (Å²) >= 11 is 3.34. The molecule has 8 heteroatoms. The predicted molar refractivity (Wildman–Crippen MR) is 83.8 cm³/mol. The van der Waals surface area contributed by atoms with Crippen LogP contribution in [0, 0.1) is 13.8 Å². The zero-order chi connectivity index (χ0) is 15.7. The van der Waals surface area contributed by atoms with Gasteiger partial charge in [-0.2, -0.15) is 0 Å². The Morgan fingerprint density at radius 3 is 2.67 bits per heavy atom. The van der Waals surface area contributed by atoms with Crippen LogP contribution in [0.1, 0.15) is 17.7 Å². The Morgan fingerprint density at radius 2 is 2.19 bits per heavy atom. The fraction of sp³-hybridized carbons (Fsp3) is 0.462. The van der Waals surface area contributed by atoms with Gasteiger partial charge in [0.05, 0.1) is 0 Å². The number of ether oxygens (including phenoxy) is 1. The molecule has 1 unspecified atom stereocenters. The molecule has 0 saturated heterocycles. The number of halogens is 1. The van der Waals surface area contributed by atoms with E-state index in [9.17, 15) is 8.42 Å². The van der Waals surface area contributed by atoms with Crippen LogP contribution in [-0.4, -0.2) is 31.1 Å². The molecule has 1 heterocycles. The van der Waals surface area contributed by atoms with Crippen molar-refractivity contribution in [1.82, 2.24) is 5.16 Å². The van der Waals surface area contributed by atoms with Gasteiger partial charge in [-0.1, -0.05) is 45.4 Å². The fourth-order valence-electron chi connectivity index (χ4n) is 1.95. The lowest BCUT2D eigenvalue weighted by atomic mass is 10.2. The molecule has 2 rings (SSSR count). The zero-order valence-corrected chi connectivity index (χ0v) is 14.4. The average molecular weight is 377 g/mol. The molecule has 0 spiro atoms. The summed E-state index contributed by atoms with van der Waals surface area (Å²) in [4.78, 5) is 0. The van der Waals surface area contributed by atoms with E-state index in [2.05, 4.69) is 21.1 Å². The van der Waals surface area contributed by atoms with Crippen LogP contribution < -0.4 is 4.31 Å². The van der Waals surface area contributed by atoms with Gasteiger partial charge in [0.25, 0.3) is 10.0 Å². The molecule has 0 aromatic carbocycles. The van der Waals surface area contributed by atoms with Crippen LogP contribution in [0.15, 0.2) is 28.8 Å². The molecule has 0 saturated carbocycles. The van der Waals surface area contributed by atoms with E-state index < -0.39 is 13.7 Å². The molecule has 6 nitrogen and oxygen atoms in total. The van der Waals surface area contributed by atoms with Gasteiger partial charge in [0, 0.05) is 19.1 Å². The first kappa shape index (κ1) is 16.3. The Morgan fingerprint density at radius 1 is 1.48 bits per heavy atom. The van der Waals surface area contributed by atoms with Gasteiger partial charge in [-0.15, -0.1) is 0 Å². The van der Waals surface area contributed by atoms with Crippen LogP contribution in [0.3, 0.4) is 0 Å². The van der Waals surface area contributed by atoms with Crippen LogP contribution in [0.5, 0.6) is 0 Å². The van der Waals surface area contributed by atoms with E-state index in [-0.39, 0.29) is 12.5 Å². The topological polar surface area (TPSA) is 72.6 Å². The highest BCUT2D eigenvalue weighted by molar-refractivity contribution is 9.11. The molecule has 21 heavy (non-hydrogen) atoms. The summed E-state index contributed by atoms with van der Waals surface area (Å²) in [6.45, 7) is 3.35. The van der Waals surface area contributed by atoms with Crippen molar-refractivity contribution in [2.75, 3.05) is 18.1 Å². The maximum absolute atomic E-state index is 13.0. The van der Waals surface area contributed by atoms with E-state index >= 15 is 0 Å². The minimum atomic E-state index is -3.78. The Bertz CT molecular complexity index is 680. The highest BCUT2D eigenvalue weighted by atomic mass is 79.9. The lowest BCUT2D eigenvalue weighted by Gasteiger charge is -2.31. The number of anilines is 1. The first-order chi connectivity index (χ1) is 9.83. The molecular weight excluding hydrogens is 360 g/mol. The number of aryl methyl sites for hydroxylation is 1. The molecule has 116 valence electrons. The number of alkyl halides is 1. The first-order valence-corrected chi connectivity index (χ1v) is 8.54. The molecule has 0 aliphatic heterocycles. The third-order valence-electron chi connectivity index (χ3n) is 3.32. The van der Waals surface area contributed by atoms with Crippen molar-refractivity contribution in [3.05, 3.63) is 35.6 Å². The molecule has 1 aliphatic carbocycles. The minimum Gasteiger partial charge on any atom is -0.363 e. The third kappa shape index (κ3) is 2.79. The molecule has 1 aliphatic rings. The summed E-state index contributed by atoms with van der Waals surface area (Å²) in [5.41, 5.74) is 0.669. The SMILES string of the molecule is COCN(c1noc(C)c1C)S(=O)(=O)C1(Br)C=CC=CC1. The Kier molecular flexibility index (Phi) is 4.60. The van der Waals surface area contributed by atoms with E-state index in [1.54, 1.807) is 38.2 Å². The summed E-state index contributed by atoms with van der Waals surface area (Å²) in [7, 11) is -2.35. The van der Waals surface area contributed by atoms with Crippen LogP contribution >= 0.6 is 15.9 Å². The van der Waals surface area contributed by atoms with Gasteiger partial charge in [-0.25, -0.2) is 12.7 Å². The molecule has 1 aromatic rings. The molecule has 0 amide bonds. The summed E-state index contributed by atoms with van der Waals surface area (Å²) in [5, 5.41) is 3.86. The van der Waals surface area contributed by atoms with E-state index in [1.807, 2.05) is 0 Å². The molecular formula is C13H17BrN2O4S. The minimum absolute atomic E-state index is 0.139. The van der Waals surface area contributed by atoms with Gasteiger partial charge >= 0.3 is 0 Å². The molecule has 0 radical (unpaired) electrons. The van der Waals surface area contributed by atoms with Crippen molar-refractivity contribution >= 4 is 31.8 Å². The second kappa shape index (κ2) is 5.94. The van der Waals surface area contributed by atoms with Crippen molar-refractivity contribution in [3.8, 4) is 0 Å². The van der Waals surface area contributed by atoms with Crippen LogP contribution in [0.2, 0.25) is 0 Å². The van der Waals surface area contributed by atoms with Gasteiger partial charge in [-0.05, 0) is 13.8 Å². The van der Waals surface area contributed by atoms with Gasteiger partial charge in [-0.3, -0.25) is 0 Å². The largest absolute Gasteiger partial charge is 0.363 e. The maximum atomic E-state index is 13.0. The van der Waals surface area contributed by atoms with Gasteiger partial charge < -0.3 is 9.26 Å².